The van der Waals surface area contributed by atoms with E-state index in [4.69, 9.17) is 12.2 Å². The van der Waals surface area contributed by atoms with Gasteiger partial charge in [-0.1, -0.05) is 68.2 Å². The maximum absolute atomic E-state index is 13.2. The van der Waals surface area contributed by atoms with Gasteiger partial charge in [-0.25, -0.2) is 0 Å². The van der Waals surface area contributed by atoms with Crippen LogP contribution in [0, 0.1) is 24.2 Å². The average Bonchev–Trinajstić information content (AvgIpc) is 3.11. The topological polar surface area (TPSA) is 72.6 Å². The maximum atomic E-state index is 13.2. The summed E-state index contributed by atoms with van der Waals surface area (Å²) in [6.07, 6.45) is 1.82. The van der Waals surface area contributed by atoms with Gasteiger partial charge in [0.1, 0.15) is 21.8 Å². The van der Waals surface area contributed by atoms with Gasteiger partial charge in [0.05, 0.1) is 4.91 Å². The van der Waals surface area contributed by atoms with E-state index >= 15 is 0 Å². The van der Waals surface area contributed by atoms with Crippen molar-refractivity contribution in [2.45, 2.75) is 27.3 Å². The highest BCUT2D eigenvalue weighted by atomic mass is 32.2. The summed E-state index contributed by atoms with van der Waals surface area (Å²) in [4.78, 5) is 33.0. The van der Waals surface area contributed by atoms with Crippen LogP contribution in [0.4, 0.5) is 5.82 Å². The lowest BCUT2D eigenvalue weighted by Crippen LogP contribution is -2.48. The summed E-state index contributed by atoms with van der Waals surface area (Å²) in [5, 5.41) is 9.71. The number of aromatic nitrogens is 1. The van der Waals surface area contributed by atoms with Gasteiger partial charge in [-0.05, 0) is 30.0 Å². The molecule has 1 aromatic carbocycles. The summed E-state index contributed by atoms with van der Waals surface area (Å²) in [5.41, 5.74) is 2.39. The number of piperazine rings is 1. The molecule has 0 atom stereocenters. The molecule has 2 saturated heterocycles. The van der Waals surface area contributed by atoms with Gasteiger partial charge < -0.3 is 4.90 Å². The summed E-state index contributed by atoms with van der Waals surface area (Å²) >= 11 is 6.77. The third kappa shape index (κ3) is 5.26. The standard InChI is InChI=1S/C27H31N5O2S2/c1-18(2)16-32-26(34)23(36-27(32)35)14-21-19(3)22(15-28)25(33)29(4)24(21)31-12-10-30(11-13-31)17-20-8-6-5-7-9-20/h5-9,14,18H,10-13,16-17H2,1-4H3/b23-14-. The van der Waals surface area contributed by atoms with Crippen molar-refractivity contribution in [2.24, 2.45) is 13.0 Å². The zero-order valence-corrected chi connectivity index (χ0v) is 22.8. The molecular formula is C27H31N5O2S2. The first-order valence-electron chi connectivity index (χ1n) is 12.1. The molecule has 3 heterocycles. The summed E-state index contributed by atoms with van der Waals surface area (Å²) < 4.78 is 2.10. The molecule has 2 aromatic rings. The van der Waals surface area contributed by atoms with Crippen LogP contribution in [0.25, 0.3) is 6.08 Å². The predicted octanol–water partition coefficient (Wildman–Crippen LogP) is 3.74. The smallest absolute Gasteiger partial charge is 0.270 e. The molecule has 9 heteroatoms. The first-order chi connectivity index (χ1) is 17.2. The fourth-order valence-corrected chi connectivity index (χ4v) is 5.96. The van der Waals surface area contributed by atoms with E-state index in [1.165, 1.54) is 17.3 Å². The molecule has 1 amide bonds. The molecule has 0 aliphatic carbocycles. The third-order valence-corrected chi connectivity index (χ3v) is 7.96. The van der Waals surface area contributed by atoms with Gasteiger partial charge in [0.25, 0.3) is 11.5 Å². The molecule has 188 valence electrons. The van der Waals surface area contributed by atoms with Gasteiger partial charge in [-0.3, -0.25) is 24.0 Å². The summed E-state index contributed by atoms with van der Waals surface area (Å²) in [7, 11) is 1.70. The van der Waals surface area contributed by atoms with E-state index in [0.29, 0.717) is 27.3 Å². The van der Waals surface area contributed by atoms with Gasteiger partial charge in [0.15, 0.2) is 0 Å². The van der Waals surface area contributed by atoms with Gasteiger partial charge >= 0.3 is 0 Å². The van der Waals surface area contributed by atoms with Crippen LogP contribution in [-0.2, 0) is 18.4 Å². The van der Waals surface area contributed by atoms with Crippen molar-refractivity contribution in [3.63, 3.8) is 0 Å². The normalized spacial score (nSPS) is 17.9. The fourth-order valence-electron chi connectivity index (χ4n) is 4.71. The Morgan fingerprint density at radius 3 is 2.42 bits per heavy atom. The molecular weight excluding hydrogens is 490 g/mol. The summed E-state index contributed by atoms with van der Waals surface area (Å²) in [6.45, 7) is 10.5. The Kier molecular flexibility index (Phi) is 7.98. The molecule has 0 saturated carbocycles. The Balaban J connectivity index is 1.67. The first-order valence-corrected chi connectivity index (χ1v) is 13.3. The number of nitrogens with zero attached hydrogens (tertiary/aromatic N) is 5. The molecule has 2 aliphatic heterocycles. The van der Waals surface area contributed by atoms with Gasteiger partial charge in [-0.15, -0.1) is 0 Å². The van der Waals surface area contributed by atoms with E-state index in [0.717, 1.165) is 44.1 Å². The third-order valence-electron chi connectivity index (χ3n) is 6.59. The Bertz CT molecular complexity index is 1300. The first kappa shape index (κ1) is 26.1. The van der Waals surface area contributed by atoms with Crippen molar-refractivity contribution in [1.29, 1.82) is 5.26 Å². The Morgan fingerprint density at radius 1 is 1.14 bits per heavy atom. The number of thiocarbonyl (C=S) groups is 1. The lowest BCUT2D eigenvalue weighted by Gasteiger charge is -2.37. The number of amides is 1. The molecule has 7 nitrogen and oxygen atoms in total. The van der Waals surface area contributed by atoms with Crippen molar-refractivity contribution in [3.05, 3.63) is 67.8 Å². The average molecular weight is 522 g/mol. The van der Waals surface area contributed by atoms with E-state index in [-0.39, 0.29) is 17.0 Å². The second-order valence-electron chi connectivity index (χ2n) is 9.65. The number of anilines is 1. The highest BCUT2D eigenvalue weighted by Crippen LogP contribution is 2.36. The van der Waals surface area contributed by atoms with Gasteiger partial charge in [0, 0.05) is 51.9 Å². The molecule has 0 unspecified atom stereocenters. The van der Waals surface area contributed by atoms with Crippen molar-refractivity contribution in [3.8, 4) is 6.07 Å². The molecule has 2 aliphatic rings. The minimum atomic E-state index is -0.318. The molecule has 4 rings (SSSR count). The van der Waals surface area contributed by atoms with Crippen LogP contribution in [0.3, 0.4) is 0 Å². The lowest BCUT2D eigenvalue weighted by atomic mass is 10.0. The predicted molar refractivity (Wildman–Crippen MR) is 150 cm³/mol. The highest BCUT2D eigenvalue weighted by Gasteiger charge is 2.33. The van der Waals surface area contributed by atoms with Crippen LogP contribution < -0.4 is 10.5 Å². The van der Waals surface area contributed by atoms with Crippen LogP contribution in [0.2, 0.25) is 0 Å². The van der Waals surface area contributed by atoms with Crippen LogP contribution in [0.1, 0.15) is 36.1 Å². The minimum Gasteiger partial charge on any atom is -0.355 e. The van der Waals surface area contributed by atoms with E-state index < -0.39 is 0 Å². The Hall–Kier alpha value is -2.93. The van der Waals surface area contributed by atoms with E-state index in [2.05, 4.69) is 40.1 Å². The van der Waals surface area contributed by atoms with Gasteiger partial charge in [0.2, 0.25) is 0 Å². The zero-order valence-electron chi connectivity index (χ0n) is 21.2. The van der Waals surface area contributed by atoms with Crippen molar-refractivity contribution in [1.82, 2.24) is 14.4 Å². The number of benzene rings is 1. The number of carbonyl (C=O) groups excluding carboxylic acids is 1. The number of nitriles is 1. The zero-order chi connectivity index (χ0) is 26.0. The number of rotatable bonds is 6. The maximum Gasteiger partial charge on any atom is 0.270 e. The Labute approximate surface area is 222 Å². The molecule has 1 aromatic heterocycles. The molecule has 0 bridgehead atoms. The Morgan fingerprint density at radius 2 is 1.81 bits per heavy atom. The van der Waals surface area contributed by atoms with Gasteiger partial charge in [-0.2, -0.15) is 5.26 Å². The number of hydrogen-bond donors (Lipinski definition) is 0. The molecule has 0 spiro atoms. The fraction of sp³-hybridized carbons (Fsp3) is 0.407. The summed E-state index contributed by atoms with van der Waals surface area (Å²) in [6, 6.07) is 12.5. The van der Waals surface area contributed by atoms with Crippen LogP contribution in [0.5, 0.6) is 0 Å². The minimum absolute atomic E-state index is 0.105. The lowest BCUT2D eigenvalue weighted by molar-refractivity contribution is -0.122. The molecule has 2 fully saturated rings. The summed E-state index contributed by atoms with van der Waals surface area (Å²) in [5.74, 6) is 0.910. The van der Waals surface area contributed by atoms with E-state index in [1.807, 2.05) is 26.0 Å². The second kappa shape index (κ2) is 11.0. The largest absolute Gasteiger partial charge is 0.355 e. The monoisotopic (exact) mass is 521 g/mol. The van der Waals surface area contributed by atoms with Crippen LogP contribution >= 0.6 is 24.0 Å². The number of hydrogen-bond acceptors (Lipinski definition) is 7. The van der Waals surface area contributed by atoms with Crippen LogP contribution in [0.15, 0.2) is 40.0 Å². The second-order valence-corrected chi connectivity index (χ2v) is 11.3. The SMILES string of the molecule is Cc1c(/C=C2\SC(=S)N(CC(C)C)C2=O)c(N2CCN(Cc3ccccc3)CC2)n(C)c(=O)c1C#N. The van der Waals surface area contributed by atoms with E-state index in [1.54, 1.807) is 23.4 Å². The number of carbonyl (C=O) groups is 1. The van der Waals surface area contributed by atoms with Crippen molar-refractivity contribution in [2.75, 3.05) is 37.6 Å². The molecule has 0 radical (unpaired) electrons. The van der Waals surface area contributed by atoms with Crippen molar-refractivity contribution >= 4 is 46.1 Å². The quantitative estimate of drug-likeness (QED) is 0.424. The van der Waals surface area contributed by atoms with Crippen LogP contribution in [-0.4, -0.2) is 57.3 Å². The van der Waals surface area contributed by atoms with Crippen molar-refractivity contribution < 1.29 is 4.79 Å². The highest BCUT2D eigenvalue weighted by molar-refractivity contribution is 8.26. The number of pyridine rings is 1. The molecule has 0 N–H and O–H groups in total. The van der Waals surface area contributed by atoms with E-state index in [9.17, 15) is 14.9 Å². The number of thioether (sulfide) groups is 1. The molecule has 36 heavy (non-hydrogen) atoms.